The van der Waals surface area contributed by atoms with Crippen molar-refractivity contribution in [3.05, 3.63) is 35.9 Å². The van der Waals surface area contributed by atoms with Crippen LogP contribution in [0.1, 0.15) is 31.2 Å². The summed E-state index contributed by atoms with van der Waals surface area (Å²) >= 11 is 0. The highest BCUT2D eigenvalue weighted by Crippen LogP contribution is 2.10. The number of hydrogen-bond acceptors (Lipinski definition) is 4. The molecule has 1 atom stereocenters. The van der Waals surface area contributed by atoms with Gasteiger partial charge < -0.3 is 4.74 Å². The van der Waals surface area contributed by atoms with Crippen LogP contribution in [0.2, 0.25) is 0 Å². The summed E-state index contributed by atoms with van der Waals surface area (Å²) in [5.74, 6) is -0.409. The Kier molecular flexibility index (Phi) is 5.76. The predicted octanol–water partition coefficient (Wildman–Crippen LogP) is 1.63. The zero-order valence-corrected chi connectivity index (χ0v) is 12.8. The van der Waals surface area contributed by atoms with Gasteiger partial charge in [0.2, 0.25) is 10.0 Å². The highest BCUT2D eigenvalue weighted by molar-refractivity contribution is 7.89. The van der Waals surface area contributed by atoms with Crippen molar-refractivity contribution in [1.82, 2.24) is 4.72 Å². The molecule has 6 heteroatoms. The Hall–Kier alpha value is -1.40. The number of carbonyl (C=O) groups excluding carboxylic acids is 1. The smallest absolute Gasteiger partial charge is 0.324 e. The first-order valence-corrected chi connectivity index (χ1v) is 8.93. The van der Waals surface area contributed by atoms with Crippen LogP contribution in [0.3, 0.4) is 0 Å². The molecule has 0 amide bonds. The van der Waals surface area contributed by atoms with Crippen molar-refractivity contribution in [2.45, 2.75) is 38.1 Å². The molecule has 116 valence electrons. The van der Waals surface area contributed by atoms with Crippen molar-refractivity contribution in [1.29, 1.82) is 0 Å². The van der Waals surface area contributed by atoms with Gasteiger partial charge in [0.25, 0.3) is 0 Å². The van der Waals surface area contributed by atoms with Crippen molar-refractivity contribution in [2.75, 3.05) is 12.4 Å². The summed E-state index contributed by atoms with van der Waals surface area (Å²) in [5.41, 5.74) is 1.27. The fourth-order valence-corrected chi connectivity index (χ4v) is 3.67. The van der Waals surface area contributed by atoms with Crippen LogP contribution in [-0.4, -0.2) is 32.8 Å². The normalized spacial score (nSPS) is 18.7. The largest absolute Gasteiger partial charge is 0.464 e. The molecule has 1 saturated heterocycles. The van der Waals surface area contributed by atoms with E-state index >= 15 is 0 Å². The van der Waals surface area contributed by atoms with Crippen LogP contribution in [0.15, 0.2) is 30.3 Å². The zero-order chi connectivity index (χ0) is 15.1. The van der Waals surface area contributed by atoms with Crippen LogP contribution in [0, 0.1) is 0 Å². The van der Waals surface area contributed by atoms with Gasteiger partial charge in [0, 0.05) is 6.42 Å². The molecular formula is C15H21NO4S. The van der Waals surface area contributed by atoms with Crippen LogP contribution in [0.4, 0.5) is 0 Å². The number of benzene rings is 1. The molecule has 0 bridgehead atoms. The standard InChI is InChI=1S/C15H21NO4S/c17-15-14(10-11-20-15)16-21(18,19)12-6-2-5-9-13-7-3-1-4-8-13/h1,3-4,7-8,14,16H,2,5-6,9-12H2/t14-/m0/s1. The monoisotopic (exact) mass is 311 g/mol. The molecule has 0 saturated carbocycles. The summed E-state index contributed by atoms with van der Waals surface area (Å²) in [6.07, 6.45) is 3.80. The summed E-state index contributed by atoms with van der Waals surface area (Å²) < 4.78 is 30.8. The highest BCUT2D eigenvalue weighted by Gasteiger charge is 2.30. The molecule has 1 heterocycles. The molecule has 21 heavy (non-hydrogen) atoms. The summed E-state index contributed by atoms with van der Waals surface area (Å²) in [6.45, 7) is 0.295. The minimum Gasteiger partial charge on any atom is -0.464 e. The first-order chi connectivity index (χ1) is 10.1. The average Bonchev–Trinajstić information content (AvgIpc) is 2.84. The number of aryl methyl sites for hydroxylation is 1. The number of cyclic esters (lactones) is 1. The van der Waals surface area contributed by atoms with Crippen LogP contribution in [-0.2, 0) is 26.0 Å². The van der Waals surface area contributed by atoms with Gasteiger partial charge >= 0.3 is 5.97 Å². The number of sulfonamides is 1. The molecule has 1 aliphatic heterocycles. The van der Waals surface area contributed by atoms with Gasteiger partial charge in [-0.3, -0.25) is 4.79 Å². The number of nitrogens with one attached hydrogen (secondary N) is 1. The van der Waals surface area contributed by atoms with E-state index in [0.29, 0.717) is 19.4 Å². The predicted molar refractivity (Wildman–Crippen MR) is 80.3 cm³/mol. The molecular weight excluding hydrogens is 290 g/mol. The van der Waals surface area contributed by atoms with Crippen molar-refractivity contribution >= 4 is 16.0 Å². The topological polar surface area (TPSA) is 72.5 Å². The lowest BCUT2D eigenvalue weighted by Crippen LogP contribution is -2.39. The number of ether oxygens (including phenoxy) is 1. The van der Waals surface area contributed by atoms with E-state index in [9.17, 15) is 13.2 Å². The second kappa shape index (κ2) is 7.56. The van der Waals surface area contributed by atoms with Gasteiger partial charge in [0.15, 0.2) is 0 Å². The van der Waals surface area contributed by atoms with Gasteiger partial charge in [-0.05, 0) is 24.8 Å². The van der Waals surface area contributed by atoms with Gasteiger partial charge in [0.1, 0.15) is 6.04 Å². The van der Waals surface area contributed by atoms with E-state index in [1.54, 1.807) is 0 Å². The maximum absolute atomic E-state index is 11.8. The molecule has 2 rings (SSSR count). The SMILES string of the molecule is O=C1OCC[C@@H]1NS(=O)(=O)CCCCCc1ccccc1. The highest BCUT2D eigenvalue weighted by atomic mass is 32.2. The fourth-order valence-electron chi connectivity index (χ4n) is 2.32. The minimum absolute atomic E-state index is 0.0611. The third-order valence-corrected chi connectivity index (χ3v) is 4.95. The van der Waals surface area contributed by atoms with Crippen molar-refractivity contribution in [3.8, 4) is 0 Å². The molecule has 0 spiro atoms. The molecule has 0 radical (unpaired) electrons. The van der Waals surface area contributed by atoms with Crippen molar-refractivity contribution in [3.63, 3.8) is 0 Å². The number of unbranched alkanes of at least 4 members (excludes halogenated alkanes) is 2. The maximum Gasteiger partial charge on any atom is 0.324 e. The first kappa shape index (κ1) is 16.0. The molecule has 0 unspecified atom stereocenters. The van der Waals surface area contributed by atoms with Gasteiger partial charge in [-0.25, -0.2) is 13.1 Å². The van der Waals surface area contributed by atoms with Gasteiger partial charge in [-0.2, -0.15) is 0 Å². The third-order valence-electron chi connectivity index (χ3n) is 3.48. The molecule has 1 aliphatic rings. The Bertz CT molecular complexity index is 556. The molecule has 1 aromatic carbocycles. The van der Waals surface area contributed by atoms with E-state index in [4.69, 9.17) is 4.74 Å². The second-order valence-corrected chi connectivity index (χ2v) is 7.12. The van der Waals surface area contributed by atoms with Crippen LogP contribution < -0.4 is 4.72 Å². The third kappa shape index (κ3) is 5.47. The van der Waals surface area contributed by atoms with Crippen LogP contribution in [0.5, 0.6) is 0 Å². The lowest BCUT2D eigenvalue weighted by molar-refractivity contribution is -0.139. The molecule has 0 aromatic heterocycles. The van der Waals surface area contributed by atoms with E-state index in [1.165, 1.54) is 5.56 Å². The summed E-state index contributed by atoms with van der Waals surface area (Å²) in [4.78, 5) is 11.2. The van der Waals surface area contributed by atoms with E-state index < -0.39 is 22.0 Å². The van der Waals surface area contributed by atoms with E-state index in [-0.39, 0.29) is 5.75 Å². The van der Waals surface area contributed by atoms with Gasteiger partial charge in [-0.15, -0.1) is 0 Å². The Morgan fingerprint density at radius 1 is 1.14 bits per heavy atom. The van der Waals surface area contributed by atoms with Gasteiger partial charge in [-0.1, -0.05) is 36.8 Å². The first-order valence-electron chi connectivity index (χ1n) is 7.27. The average molecular weight is 311 g/mol. The zero-order valence-electron chi connectivity index (χ0n) is 12.0. The number of carbonyl (C=O) groups is 1. The Balaban J connectivity index is 1.64. The minimum atomic E-state index is -3.39. The number of rotatable bonds is 8. The molecule has 0 aliphatic carbocycles. The van der Waals surface area contributed by atoms with E-state index in [0.717, 1.165) is 19.3 Å². The molecule has 1 N–H and O–H groups in total. The maximum atomic E-state index is 11.8. The fraction of sp³-hybridized carbons (Fsp3) is 0.533. The Labute approximate surface area is 125 Å². The lowest BCUT2D eigenvalue weighted by atomic mass is 10.1. The second-order valence-electron chi connectivity index (χ2n) is 5.24. The number of hydrogen-bond donors (Lipinski definition) is 1. The molecule has 1 aromatic rings. The van der Waals surface area contributed by atoms with E-state index in [1.807, 2.05) is 18.2 Å². The Morgan fingerprint density at radius 2 is 1.90 bits per heavy atom. The van der Waals surface area contributed by atoms with E-state index in [2.05, 4.69) is 16.9 Å². The van der Waals surface area contributed by atoms with Gasteiger partial charge in [0.05, 0.1) is 12.4 Å². The summed E-state index contributed by atoms with van der Waals surface area (Å²) in [5, 5.41) is 0. The summed E-state index contributed by atoms with van der Waals surface area (Å²) in [6, 6.07) is 9.44. The molecule has 1 fully saturated rings. The quantitative estimate of drug-likeness (QED) is 0.585. The van der Waals surface area contributed by atoms with Crippen LogP contribution >= 0.6 is 0 Å². The summed E-state index contributed by atoms with van der Waals surface area (Å²) in [7, 11) is -3.39. The number of esters is 1. The molecule has 5 nitrogen and oxygen atoms in total. The lowest BCUT2D eigenvalue weighted by Gasteiger charge is -2.09. The van der Waals surface area contributed by atoms with Crippen LogP contribution in [0.25, 0.3) is 0 Å². The Morgan fingerprint density at radius 3 is 2.57 bits per heavy atom. The van der Waals surface area contributed by atoms with Crippen molar-refractivity contribution in [2.24, 2.45) is 0 Å². The van der Waals surface area contributed by atoms with Crippen molar-refractivity contribution < 1.29 is 17.9 Å².